The molecule has 12 rings (SSSR count). The summed E-state index contributed by atoms with van der Waals surface area (Å²) in [5.74, 6) is 0. The van der Waals surface area contributed by atoms with E-state index in [9.17, 15) is 0 Å². The molecule has 4 nitrogen and oxygen atoms in total. The fourth-order valence-electron chi connectivity index (χ4n) is 11.8. The molecule has 0 saturated heterocycles. The third-order valence-corrected chi connectivity index (χ3v) is 16.3. The number of rotatable bonds is 22. The molecule has 90 heavy (non-hydrogen) atoms. The number of benzene rings is 11. The zero-order valence-corrected chi connectivity index (χ0v) is 50.8. The summed E-state index contributed by atoms with van der Waals surface area (Å²) in [5, 5.41) is 0. The summed E-state index contributed by atoms with van der Waals surface area (Å²) in [4.78, 5) is 9.30. The first-order valence-electron chi connectivity index (χ1n) is 30.9. The Balaban J connectivity index is 0.716. The number of para-hydroxylation sites is 4. The zero-order valence-electron chi connectivity index (χ0n) is 50.8. The van der Waals surface area contributed by atoms with Gasteiger partial charge in [0.2, 0.25) is 0 Å². The minimum Gasteiger partial charge on any atom is -0.335 e. The summed E-state index contributed by atoms with van der Waals surface area (Å²) < 4.78 is 0. The van der Waals surface area contributed by atoms with Crippen molar-refractivity contribution in [3.05, 3.63) is 394 Å². The van der Waals surface area contributed by atoms with Crippen molar-refractivity contribution >= 4 is 51.2 Å². The Kier molecular flexibility index (Phi) is 18.9. The molecule has 0 fully saturated rings. The summed E-state index contributed by atoms with van der Waals surface area (Å²) in [5.41, 5.74) is 22.6. The highest BCUT2D eigenvalue weighted by Gasteiger charge is 2.21. The van der Waals surface area contributed by atoms with E-state index in [4.69, 9.17) is 0 Å². The van der Waals surface area contributed by atoms with Gasteiger partial charge in [-0.1, -0.05) is 250 Å². The van der Waals surface area contributed by atoms with Gasteiger partial charge < -0.3 is 19.6 Å². The van der Waals surface area contributed by atoms with Gasteiger partial charge in [-0.05, 0) is 197 Å². The SMILES string of the molecule is C=C/C=C\C(=C/C)N(c1ccc(-c2ccc(-c3ccc(N(C(/C=C\Cc4ccc(N(c5ccccc5)c5ccc(-c6ccc(-c7ccc(N(c8ccccc8)c8ccccc8)cc7)cc6)cc5)cc4)=C/C=C)c4ccccc4)cc3)cc2)cc1)C1C=CC=CC1. The quantitative estimate of drug-likeness (QED) is 0.0627. The van der Waals surface area contributed by atoms with E-state index in [1.54, 1.807) is 0 Å². The first-order valence-corrected chi connectivity index (χ1v) is 30.9. The lowest BCUT2D eigenvalue weighted by Crippen LogP contribution is -2.33. The van der Waals surface area contributed by atoms with Crippen LogP contribution in [0.2, 0.25) is 0 Å². The number of anilines is 9. The molecular weight excluding hydrogens is 1090 g/mol. The molecule has 1 atom stereocenters. The number of nitrogens with zero attached hydrogens (tertiary/aromatic N) is 4. The van der Waals surface area contributed by atoms with Gasteiger partial charge in [-0.15, -0.1) is 0 Å². The molecule has 0 saturated carbocycles. The van der Waals surface area contributed by atoms with Crippen LogP contribution in [0.15, 0.2) is 389 Å². The Hall–Kier alpha value is -11.5. The second-order valence-corrected chi connectivity index (χ2v) is 22.1. The van der Waals surface area contributed by atoms with Gasteiger partial charge in [0.15, 0.2) is 0 Å². The van der Waals surface area contributed by atoms with Gasteiger partial charge in [-0.2, -0.15) is 0 Å². The van der Waals surface area contributed by atoms with Gasteiger partial charge in [0.05, 0.1) is 6.04 Å². The zero-order chi connectivity index (χ0) is 61.3. The van der Waals surface area contributed by atoms with Crippen LogP contribution in [0.25, 0.3) is 44.5 Å². The van der Waals surface area contributed by atoms with Gasteiger partial charge in [0.25, 0.3) is 0 Å². The topological polar surface area (TPSA) is 13.0 Å². The van der Waals surface area contributed by atoms with Crippen molar-refractivity contribution in [3.8, 4) is 44.5 Å². The first-order chi connectivity index (χ1) is 44.5. The molecule has 4 heteroatoms. The second-order valence-electron chi connectivity index (χ2n) is 22.1. The highest BCUT2D eigenvalue weighted by Crippen LogP contribution is 2.40. The molecular formula is C86H72N4. The molecule has 1 aliphatic carbocycles. The average Bonchev–Trinajstić information content (AvgIpc) is 1.68. The Labute approximate surface area is 532 Å². The lowest BCUT2D eigenvalue weighted by Gasteiger charge is -2.33. The lowest BCUT2D eigenvalue weighted by atomic mass is 9.99. The molecule has 11 aromatic rings. The summed E-state index contributed by atoms with van der Waals surface area (Å²) in [6.45, 7) is 10.1. The predicted molar refractivity (Wildman–Crippen MR) is 386 cm³/mol. The fraction of sp³-hybridized carbons (Fsp3) is 0.0465. The van der Waals surface area contributed by atoms with Gasteiger partial charge >= 0.3 is 0 Å². The maximum atomic E-state index is 4.14. The number of hydrogen-bond acceptors (Lipinski definition) is 4. The highest BCUT2D eigenvalue weighted by atomic mass is 15.2. The van der Waals surface area contributed by atoms with Crippen LogP contribution in [0.1, 0.15) is 18.9 Å². The molecule has 1 aliphatic rings. The van der Waals surface area contributed by atoms with E-state index >= 15 is 0 Å². The largest absolute Gasteiger partial charge is 0.335 e. The smallest absolute Gasteiger partial charge is 0.0559 e. The molecule has 0 amide bonds. The van der Waals surface area contributed by atoms with Crippen molar-refractivity contribution in [2.45, 2.75) is 25.8 Å². The van der Waals surface area contributed by atoms with Crippen molar-refractivity contribution < 1.29 is 0 Å². The van der Waals surface area contributed by atoms with Crippen molar-refractivity contribution in [2.24, 2.45) is 0 Å². The van der Waals surface area contributed by atoms with Gasteiger partial charge in [-0.25, -0.2) is 0 Å². The molecule has 436 valence electrons. The van der Waals surface area contributed by atoms with E-state index in [1.165, 1.54) is 33.4 Å². The van der Waals surface area contributed by atoms with Crippen LogP contribution < -0.4 is 19.6 Å². The molecule has 11 aromatic carbocycles. The Morgan fingerprint density at radius 2 is 0.711 bits per heavy atom. The van der Waals surface area contributed by atoms with Gasteiger partial charge in [0.1, 0.15) is 0 Å². The van der Waals surface area contributed by atoms with E-state index in [-0.39, 0.29) is 6.04 Å². The number of hydrogen-bond donors (Lipinski definition) is 0. The van der Waals surface area contributed by atoms with E-state index in [0.29, 0.717) is 0 Å². The molecule has 0 aromatic heterocycles. The average molecular weight is 1160 g/mol. The molecule has 0 bridgehead atoms. The molecule has 0 N–H and O–H groups in total. The van der Waals surface area contributed by atoms with E-state index in [1.807, 2.05) is 18.2 Å². The normalized spacial score (nSPS) is 13.1. The van der Waals surface area contributed by atoms with Crippen molar-refractivity contribution in [2.75, 3.05) is 19.6 Å². The molecule has 0 aliphatic heterocycles. The van der Waals surface area contributed by atoms with Crippen molar-refractivity contribution in [1.82, 2.24) is 0 Å². The highest BCUT2D eigenvalue weighted by molar-refractivity contribution is 5.82. The van der Waals surface area contributed by atoms with E-state index in [2.05, 4.69) is 386 Å². The molecule has 0 spiro atoms. The molecule has 0 radical (unpaired) electrons. The fourth-order valence-corrected chi connectivity index (χ4v) is 11.8. The van der Waals surface area contributed by atoms with Crippen LogP contribution >= 0.6 is 0 Å². The van der Waals surface area contributed by atoms with Crippen LogP contribution in [0.4, 0.5) is 51.2 Å². The van der Waals surface area contributed by atoms with E-state index < -0.39 is 0 Å². The Bertz CT molecular complexity index is 4280. The first kappa shape index (κ1) is 58.9. The molecule has 0 heterocycles. The van der Waals surface area contributed by atoms with Crippen LogP contribution in [0.3, 0.4) is 0 Å². The maximum Gasteiger partial charge on any atom is 0.0559 e. The second kappa shape index (κ2) is 28.8. The summed E-state index contributed by atoms with van der Waals surface area (Å²) in [6, 6.07) is 105. The minimum atomic E-state index is 0.230. The van der Waals surface area contributed by atoms with Gasteiger partial charge in [0, 0.05) is 62.6 Å². The third-order valence-electron chi connectivity index (χ3n) is 16.3. The monoisotopic (exact) mass is 1160 g/mol. The van der Waals surface area contributed by atoms with Crippen LogP contribution in [0, 0.1) is 0 Å². The minimum absolute atomic E-state index is 0.230. The van der Waals surface area contributed by atoms with Crippen LogP contribution in [0.5, 0.6) is 0 Å². The summed E-state index contributed by atoms with van der Waals surface area (Å²) in [7, 11) is 0. The van der Waals surface area contributed by atoms with Crippen LogP contribution in [-0.2, 0) is 6.42 Å². The maximum absolute atomic E-state index is 4.14. The molecule has 1 unspecified atom stereocenters. The predicted octanol–water partition coefficient (Wildman–Crippen LogP) is 23.6. The summed E-state index contributed by atoms with van der Waals surface area (Å²) >= 11 is 0. The standard InChI is InChI=1S/C86H72N4/c1-4-7-26-75(6-3)87(77-27-13-8-14-28-77)83-58-48-71(49-59-83)67-40-42-68(43-41-67)72-50-60-84(61-51-72)88(78-29-15-9-16-30-78)76(24-5-2)37-23-25-66-38-56-82(57-39-66)90(81-35-21-12-22-36-81)86-64-54-74(55-65-86)70-46-44-69(45-47-70)73-52-62-85(63-53-73)89(79-31-17-10-18-32-79)80-33-19-11-20-34-80/h4-24,26-27,29-65,77H,1-2,25,28H2,3H3/b26-7-,37-23-,75-6+,76-24+. The Morgan fingerprint density at radius 1 is 0.367 bits per heavy atom. The van der Waals surface area contributed by atoms with Crippen molar-refractivity contribution in [3.63, 3.8) is 0 Å². The third kappa shape index (κ3) is 13.9. The van der Waals surface area contributed by atoms with E-state index in [0.717, 1.165) is 92.1 Å². The van der Waals surface area contributed by atoms with Crippen molar-refractivity contribution in [1.29, 1.82) is 0 Å². The summed E-state index contributed by atoms with van der Waals surface area (Å²) in [6.07, 6.45) is 27.0. The van der Waals surface area contributed by atoms with Gasteiger partial charge in [-0.3, -0.25) is 0 Å². The van der Waals surface area contributed by atoms with Crippen LogP contribution in [-0.4, -0.2) is 6.04 Å². The lowest BCUT2D eigenvalue weighted by molar-refractivity contribution is 0.761. The Morgan fingerprint density at radius 3 is 1.08 bits per heavy atom. The number of allylic oxidation sites excluding steroid dienone is 10.